The van der Waals surface area contributed by atoms with Crippen molar-refractivity contribution < 1.29 is 19.4 Å². The van der Waals surface area contributed by atoms with Crippen molar-refractivity contribution in [3.8, 4) is 0 Å². The molecular formula is C18H26N2O6. The highest BCUT2D eigenvalue weighted by atomic mass is 16.6. The number of hydrogen-bond acceptors (Lipinski definition) is 6. The van der Waals surface area contributed by atoms with E-state index in [1.165, 1.54) is 32.1 Å². The minimum Gasteiger partial charge on any atom is -0.462 e. The number of benzene rings is 1. The maximum atomic E-state index is 12.0. The van der Waals surface area contributed by atoms with Crippen molar-refractivity contribution in [2.75, 3.05) is 6.61 Å². The summed E-state index contributed by atoms with van der Waals surface area (Å²) in [5.41, 5.74) is -1.19. The first-order valence-corrected chi connectivity index (χ1v) is 9.06. The predicted octanol–water partition coefficient (Wildman–Crippen LogP) is 5.19. The molecule has 0 aliphatic heterocycles. The van der Waals surface area contributed by atoms with Crippen LogP contribution in [0.2, 0.25) is 0 Å². The van der Waals surface area contributed by atoms with Crippen LogP contribution in [0, 0.1) is 20.2 Å². The van der Waals surface area contributed by atoms with Gasteiger partial charge in [0.25, 0.3) is 11.4 Å². The maximum Gasteiger partial charge on any atom is 0.338 e. The number of unbranched alkanes of at least 4 members (excludes halogenated alkanes) is 8. The zero-order chi connectivity index (χ0) is 19.4. The molecule has 0 unspecified atom stereocenters. The minimum atomic E-state index is -0.781. The Bertz CT molecular complexity index is 585. The Kier molecular flexibility index (Phi) is 9.89. The summed E-state index contributed by atoms with van der Waals surface area (Å²) in [7, 11) is 0. The molecule has 0 aromatic heterocycles. The summed E-state index contributed by atoms with van der Waals surface area (Å²) in [6, 6.07) is 2.80. The summed E-state index contributed by atoms with van der Waals surface area (Å²) in [5, 5.41) is 21.7. The average molecular weight is 366 g/mol. The van der Waals surface area contributed by atoms with Crippen LogP contribution in [0.25, 0.3) is 0 Å². The molecule has 0 aliphatic carbocycles. The van der Waals surface area contributed by atoms with E-state index in [0.717, 1.165) is 37.5 Å². The van der Waals surface area contributed by atoms with E-state index in [4.69, 9.17) is 4.74 Å². The molecule has 0 saturated heterocycles. The molecule has 26 heavy (non-hydrogen) atoms. The largest absolute Gasteiger partial charge is 0.462 e. The lowest BCUT2D eigenvalue weighted by molar-refractivity contribution is -0.394. The van der Waals surface area contributed by atoms with Gasteiger partial charge in [0.05, 0.1) is 28.1 Å². The lowest BCUT2D eigenvalue weighted by Gasteiger charge is -2.05. The summed E-state index contributed by atoms with van der Waals surface area (Å²) in [6.07, 6.45) is 10.2. The highest BCUT2D eigenvalue weighted by molar-refractivity contribution is 5.91. The van der Waals surface area contributed by atoms with Crippen LogP contribution in [0.5, 0.6) is 0 Å². The third-order valence-corrected chi connectivity index (χ3v) is 4.04. The molecular weight excluding hydrogens is 340 g/mol. The van der Waals surface area contributed by atoms with E-state index < -0.39 is 27.2 Å². The fraction of sp³-hybridized carbons (Fsp3) is 0.611. The second kappa shape index (κ2) is 11.9. The highest BCUT2D eigenvalue weighted by Crippen LogP contribution is 2.23. The molecule has 8 heteroatoms. The number of nitro groups is 2. The van der Waals surface area contributed by atoms with Crippen molar-refractivity contribution in [3.63, 3.8) is 0 Å². The first kappa shape index (κ1) is 21.5. The number of carbonyl (C=O) groups is 1. The van der Waals surface area contributed by atoms with Crippen molar-refractivity contribution in [3.05, 3.63) is 44.0 Å². The van der Waals surface area contributed by atoms with Crippen LogP contribution in [0.3, 0.4) is 0 Å². The lowest BCUT2D eigenvalue weighted by atomic mass is 10.1. The molecule has 0 fully saturated rings. The van der Waals surface area contributed by atoms with E-state index in [0.29, 0.717) is 6.42 Å². The normalized spacial score (nSPS) is 10.5. The van der Waals surface area contributed by atoms with Crippen LogP contribution < -0.4 is 0 Å². The summed E-state index contributed by atoms with van der Waals surface area (Å²) in [6.45, 7) is 2.39. The second-order valence-corrected chi connectivity index (χ2v) is 6.22. The Morgan fingerprint density at radius 2 is 1.31 bits per heavy atom. The molecule has 0 aliphatic rings. The number of rotatable bonds is 13. The Labute approximate surface area is 152 Å². The second-order valence-electron chi connectivity index (χ2n) is 6.22. The third kappa shape index (κ3) is 8.04. The fourth-order valence-electron chi connectivity index (χ4n) is 2.58. The number of esters is 1. The van der Waals surface area contributed by atoms with Gasteiger partial charge in [-0.25, -0.2) is 4.79 Å². The molecule has 8 nitrogen and oxygen atoms in total. The standard InChI is InChI=1S/C18H26N2O6/c1-2-3-4-5-6-7-8-9-10-11-26-18(21)15-12-16(19(22)23)14-17(13-15)20(24)25/h12-14H,2-11H2,1H3. The molecule has 0 amide bonds. The van der Waals surface area contributed by atoms with Crippen LogP contribution in [-0.2, 0) is 4.74 Å². The molecule has 0 heterocycles. The first-order valence-electron chi connectivity index (χ1n) is 9.06. The third-order valence-electron chi connectivity index (χ3n) is 4.04. The Balaban J connectivity index is 2.35. The first-order chi connectivity index (χ1) is 12.5. The summed E-state index contributed by atoms with van der Waals surface area (Å²) >= 11 is 0. The molecule has 0 radical (unpaired) electrons. The summed E-state index contributed by atoms with van der Waals surface area (Å²) < 4.78 is 5.07. The van der Waals surface area contributed by atoms with Crippen LogP contribution in [0.4, 0.5) is 11.4 Å². The van der Waals surface area contributed by atoms with Gasteiger partial charge >= 0.3 is 5.97 Å². The van der Waals surface area contributed by atoms with Crippen molar-refractivity contribution in [2.24, 2.45) is 0 Å². The van der Waals surface area contributed by atoms with Crippen molar-refractivity contribution in [1.29, 1.82) is 0 Å². The van der Waals surface area contributed by atoms with Gasteiger partial charge in [-0.15, -0.1) is 0 Å². The Morgan fingerprint density at radius 1 is 0.846 bits per heavy atom. The molecule has 1 aromatic carbocycles. The zero-order valence-corrected chi connectivity index (χ0v) is 15.1. The van der Waals surface area contributed by atoms with Gasteiger partial charge < -0.3 is 4.74 Å². The van der Waals surface area contributed by atoms with Crippen molar-refractivity contribution in [2.45, 2.75) is 64.7 Å². The van der Waals surface area contributed by atoms with E-state index >= 15 is 0 Å². The quantitative estimate of drug-likeness (QED) is 0.205. The molecule has 144 valence electrons. The zero-order valence-electron chi connectivity index (χ0n) is 15.1. The van der Waals surface area contributed by atoms with Gasteiger partial charge in [0.2, 0.25) is 0 Å². The van der Waals surface area contributed by atoms with Crippen molar-refractivity contribution >= 4 is 17.3 Å². The number of non-ortho nitro benzene ring substituents is 2. The van der Waals surface area contributed by atoms with Crippen LogP contribution in [-0.4, -0.2) is 22.4 Å². The van der Waals surface area contributed by atoms with Gasteiger partial charge in [0.15, 0.2) is 0 Å². The molecule has 0 saturated carbocycles. The maximum absolute atomic E-state index is 12.0. The van der Waals surface area contributed by atoms with Gasteiger partial charge in [0, 0.05) is 12.1 Å². The van der Waals surface area contributed by atoms with E-state index in [1.807, 2.05) is 0 Å². The smallest absolute Gasteiger partial charge is 0.338 e. The topological polar surface area (TPSA) is 113 Å². The van der Waals surface area contributed by atoms with Gasteiger partial charge in [0.1, 0.15) is 0 Å². The van der Waals surface area contributed by atoms with E-state index in [1.54, 1.807) is 0 Å². The van der Waals surface area contributed by atoms with E-state index in [2.05, 4.69) is 6.92 Å². The predicted molar refractivity (Wildman–Crippen MR) is 97.3 cm³/mol. The van der Waals surface area contributed by atoms with Gasteiger partial charge in [-0.2, -0.15) is 0 Å². The number of carbonyl (C=O) groups excluding carboxylic acids is 1. The van der Waals surface area contributed by atoms with Crippen LogP contribution >= 0.6 is 0 Å². The number of nitro benzene ring substituents is 2. The molecule has 0 atom stereocenters. The van der Waals surface area contributed by atoms with Gasteiger partial charge in [-0.05, 0) is 6.42 Å². The van der Waals surface area contributed by atoms with Crippen LogP contribution in [0.1, 0.15) is 75.1 Å². The fourth-order valence-corrected chi connectivity index (χ4v) is 2.58. The molecule has 0 bridgehead atoms. The molecule has 1 aromatic rings. The van der Waals surface area contributed by atoms with Gasteiger partial charge in [-0.3, -0.25) is 20.2 Å². The Hall–Kier alpha value is -2.51. The van der Waals surface area contributed by atoms with Crippen LogP contribution in [0.15, 0.2) is 18.2 Å². The molecule has 1 rings (SSSR count). The monoisotopic (exact) mass is 366 g/mol. The SMILES string of the molecule is CCCCCCCCCCCOC(=O)c1cc([N+](=O)[O-])cc([N+](=O)[O-])c1. The van der Waals surface area contributed by atoms with E-state index in [9.17, 15) is 25.0 Å². The number of nitrogens with zero attached hydrogens (tertiary/aromatic N) is 2. The molecule has 0 spiro atoms. The summed E-state index contributed by atoms with van der Waals surface area (Å²) in [5.74, 6) is -0.781. The average Bonchev–Trinajstić information content (AvgIpc) is 2.62. The lowest BCUT2D eigenvalue weighted by Crippen LogP contribution is -2.08. The molecule has 0 N–H and O–H groups in total. The summed E-state index contributed by atoms with van der Waals surface area (Å²) in [4.78, 5) is 32.1. The van der Waals surface area contributed by atoms with Gasteiger partial charge in [-0.1, -0.05) is 58.3 Å². The Morgan fingerprint density at radius 3 is 1.77 bits per heavy atom. The number of ether oxygens (including phenoxy) is 1. The highest BCUT2D eigenvalue weighted by Gasteiger charge is 2.20. The van der Waals surface area contributed by atoms with E-state index in [-0.39, 0.29) is 12.2 Å². The minimum absolute atomic E-state index is 0.179. The van der Waals surface area contributed by atoms with Crippen molar-refractivity contribution in [1.82, 2.24) is 0 Å². The number of hydrogen-bond donors (Lipinski definition) is 0.